The minimum atomic E-state index is -1.09. The van der Waals surface area contributed by atoms with Gasteiger partial charge >= 0.3 is 0 Å². The zero-order valence-electron chi connectivity index (χ0n) is 10.9. The summed E-state index contributed by atoms with van der Waals surface area (Å²) in [4.78, 5) is 8.14. The molecule has 0 amide bonds. The molecule has 2 heterocycles. The topological polar surface area (TPSA) is 117 Å². The second-order valence-corrected chi connectivity index (χ2v) is 4.98. The van der Waals surface area contributed by atoms with E-state index in [0.717, 1.165) is 5.52 Å². The number of pyridine rings is 1. The third-order valence-electron chi connectivity index (χ3n) is 3.70. The normalized spacial score (nSPS) is 27.8. The molecule has 0 bridgehead atoms. The molecule has 0 saturated heterocycles. The first kappa shape index (κ1) is 13.0. The summed E-state index contributed by atoms with van der Waals surface area (Å²) in [6, 6.07) is 1.24. The van der Waals surface area contributed by atoms with E-state index in [-0.39, 0.29) is 0 Å². The molecule has 1 aliphatic carbocycles. The highest BCUT2D eigenvalue weighted by Crippen LogP contribution is 2.33. The highest BCUT2D eigenvalue weighted by Gasteiger charge is 2.37. The maximum atomic E-state index is 10.2. The van der Waals surface area contributed by atoms with Gasteiger partial charge in [-0.05, 0) is 18.6 Å². The maximum absolute atomic E-state index is 10.2. The van der Waals surface area contributed by atoms with Crippen molar-refractivity contribution in [2.24, 2.45) is 0 Å². The van der Waals surface area contributed by atoms with E-state index < -0.39 is 24.4 Å². The summed E-state index contributed by atoms with van der Waals surface area (Å²) in [7, 11) is 0. The standard InChI is InChI=1S/C13H16N4O3/c1-6(18)7-4-9(12(20)11(7)19)17-5-16-10-8(17)2-3-15-13(10)14/h2-6,9,11-12,18-20H,1H3,(H2,14,15)/t6-,9-,11-,12+/m1/s1. The lowest BCUT2D eigenvalue weighted by atomic mass is 10.1. The number of aliphatic hydroxyl groups is 3. The van der Waals surface area contributed by atoms with Gasteiger partial charge in [0.15, 0.2) is 5.82 Å². The largest absolute Gasteiger partial charge is 0.389 e. The van der Waals surface area contributed by atoms with E-state index >= 15 is 0 Å². The van der Waals surface area contributed by atoms with Crippen LogP contribution in [0.25, 0.3) is 11.0 Å². The summed E-state index contributed by atoms with van der Waals surface area (Å²) < 4.78 is 1.72. The van der Waals surface area contributed by atoms with E-state index in [1.54, 1.807) is 36.2 Å². The van der Waals surface area contributed by atoms with Crippen molar-refractivity contribution in [2.45, 2.75) is 31.3 Å². The maximum Gasteiger partial charge on any atom is 0.151 e. The van der Waals surface area contributed by atoms with Crippen LogP contribution in [-0.2, 0) is 0 Å². The van der Waals surface area contributed by atoms with Crippen LogP contribution in [0.4, 0.5) is 5.82 Å². The fourth-order valence-corrected chi connectivity index (χ4v) is 2.63. The second kappa shape index (κ2) is 4.55. The van der Waals surface area contributed by atoms with Crippen molar-refractivity contribution in [1.82, 2.24) is 14.5 Å². The Morgan fingerprint density at radius 3 is 2.75 bits per heavy atom. The number of imidazole rings is 1. The summed E-state index contributed by atoms with van der Waals surface area (Å²) in [5, 5.41) is 29.8. The van der Waals surface area contributed by atoms with Crippen LogP contribution in [0.5, 0.6) is 0 Å². The quantitative estimate of drug-likeness (QED) is 0.554. The molecule has 0 radical (unpaired) electrons. The van der Waals surface area contributed by atoms with Gasteiger partial charge in [-0.3, -0.25) is 0 Å². The lowest BCUT2D eigenvalue weighted by molar-refractivity contribution is 0.0238. The van der Waals surface area contributed by atoms with Crippen LogP contribution in [0.2, 0.25) is 0 Å². The van der Waals surface area contributed by atoms with E-state index in [9.17, 15) is 15.3 Å². The molecular formula is C13H16N4O3. The summed E-state index contributed by atoms with van der Waals surface area (Å²) >= 11 is 0. The van der Waals surface area contributed by atoms with Gasteiger partial charge in [-0.2, -0.15) is 0 Å². The summed E-state index contributed by atoms with van der Waals surface area (Å²) in [6.45, 7) is 1.55. The van der Waals surface area contributed by atoms with E-state index in [1.165, 1.54) is 0 Å². The Bertz CT molecular complexity index is 679. The molecule has 5 N–H and O–H groups in total. The van der Waals surface area contributed by atoms with E-state index in [1.807, 2.05) is 0 Å². The molecule has 1 aliphatic rings. The zero-order valence-corrected chi connectivity index (χ0v) is 10.9. The minimum Gasteiger partial charge on any atom is -0.389 e. The first-order chi connectivity index (χ1) is 9.50. The van der Waals surface area contributed by atoms with E-state index in [4.69, 9.17) is 5.73 Å². The van der Waals surface area contributed by atoms with Crippen molar-refractivity contribution in [1.29, 1.82) is 0 Å². The third kappa shape index (κ3) is 1.79. The van der Waals surface area contributed by atoms with Crippen LogP contribution >= 0.6 is 0 Å². The lowest BCUT2D eigenvalue weighted by Gasteiger charge is -2.19. The van der Waals surface area contributed by atoms with Crippen LogP contribution in [0, 0.1) is 0 Å². The van der Waals surface area contributed by atoms with E-state index in [2.05, 4.69) is 9.97 Å². The molecule has 106 valence electrons. The van der Waals surface area contributed by atoms with Gasteiger partial charge in [0.25, 0.3) is 0 Å². The average molecular weight is 276 g/mol. The van der Waals surface area contributed by atoms with Crippen molar-refractivity contribution < 1.29 is 15.3 Å². The van der Waals surface area contributed by atoms with Crippen molar-refractivity contribution in [3.05, 3.63) is 30.2 Å². The Labute approximate surface area is 115 Å². The zero-order chi connectivity index (χ0) is 14.4. The third-order valence-corrected chi connectivity index (χ3v) is 3.70. The Morgan fingerprint density at radius 1 is 1.35 bits per heavy atom. The van der Waals surface area contributed by atoms with Crippen molar-refractivity contribution in [3.8, 4) is 0 Å². The molecule has 2 aromatic rings. The molecule has 0 unspecified atom stereocenters. The monoisotopic (exact) mass is 276 g/mol. The van der Waals surface area contributed by atoms with Crippen molar-refractivity contribution in [3.63, 3.8) is 0 Å². The minimum absolute atomic E-state index is 0.314. The molecule has 3 rings (SSSR count). The average Bonchev–Trinajstić information content (AvgIpc) is 2.94. The second-order valence-electron chi connectivity index (χ2n) is 4.98. The summed E-state index contributed by atoms with van der Waals surface area (Å²) in [5.41, 5.74) is 7.43. The number of nitrogens with two attached hydrogens (primary N) is 1. The molecule has 0 fully saturated rings. The predicted octanol–water partition coefficient (Wildman–Crippen LogP) is -0.403. The molecule has 20 heavy (non-hydrogen) atoms. The number of rotatable bonds is 2. The fraction of sp³-hybridized carbons (Fsp3) is 0.385. The first-order valence-electron chi connectivity index (χ1n) is 6.33. The van der Waals surface area contributed by atoms with Gasteiger partial charge in [-0.1, -0.05) is 6.08 Å². The molecule has 7 heteroatoms. The Kier molecular flexibility index (Phi) is 2.97. The first-order valence-corrected chi connectivity index (χ1v) is 6.33. The number of hydrogen-bond donors (Lipinski definition) is 4. The van der Waals surface area contributed by atoms with Crippen LogP contribution in [0.1, 0.15) is 13.0 Å². The highest BCUT2D eigenvalue weighted by molar-refractivity contribution is 5.84. The number of aromatic nitrogens is 3. The highest BCUT2D eigenvalue weighted by atomic mass is 16.3. The van der Waals surface area contributed by atoms with E-state index in [0.29, 0.717) is 16.9 Å². The molecule has 0 aliphatic heterocycles. The number of hydrogen-bond acceptors (Lipinski definition) is 6. The van der Waals surface area contributed by atoms with Gasteiger partial charge in [0, 0.05) is 6.20 Å². The van der Waals surface area contributed by atoms with Crippen molar-refractivity contribution in [2.75, 3.05) is 5.73 Å². The van der Waals surface area contributed by atoms with Gasteiger partial charge < -0.3 is 25.6 Å². The number of anilines is 1. The predicted molar refractivity (Wildman–Crippen MR) is 72.8 cm³/mol. The van der Waals surface area contributed by atoms with Crippen molar-refractivity contribution >= 4 is 16.9 Å². The number of nitrogen functional groups attached to an aromatic ring is 1. The smallest absolute Gasteiger partial charge is 0.151 e. The van der Waals surface area contributed by atoms with Gasteiger partial charge in [0.05, 0.1) is 24.0 Å². The molecule has 2 aromatic heterocycles. The van der Waals surface area contributed by atoms with Crippen LogP contribution in [-0.4, -0.2) is 48.2 Å². The number of fused-ring (bicyclic) bond motifs is 1. The molecule has 0 spiro atoms. The Balaban J connectivity index is 2.10. The molecule has 4 atom stereocenters. The van der Waals surface area contributed by atoms with Gasteiger partial charge in [0.2, 0.25) is 0 Å². The Morgan fingerprint density at radius 2 is 2.10 bits per heavy atom. The van der Waals surface area contributed by atoms with Gasteiger partial charge in [0.1, 0.15) is 17.7 Å². The van der Waals surface area contributed by atoms with Gasteiger partial charge in [-0.15, -0.1) is 0 Å². The lowest BCUT2D eigenvalue weighted by Crippen LogP contribution is -2.31. The van der Waals surface area contributed by atoms with Gasteiger partial charge in [-0.25, -0.2) is 9.97 Å². The van der Waals surface area contributed by atoms with Crippen LogP contribution in [0.3, 0.4) is 0 Å². The molecule has 0 aromatic carbocycles. The molecule has 7 nitrogen and oxygen atoms in total. The van der Waals surface area contributed by atoms with Crippen LogP contribution < -0.4 is 5.73 Å². The summed E-state index contributed by atoms with van der Waals surface area (Å²) in [6.07, 6.45) is 1.84. The molecular weight excluding hydrogens is 260 g/mol. The van der Waals surface area contributed by atoms with Crippen LogP contribution in [0.15, 0.2) is 30.2 Å². The Hall–Kier alpha value is -1.96. The number of aliphatic hydroxyl groups excluding tert-OH is 3. The SMILES string of the molecule is C[C@@H](O)C1=C[C@@H](n2cnc3c(N)nccc32)[C@H](O)[C@@H]1O. The summed E-state index contributed by atoms with van der Waals surface area (Å²) in [5.74, 6) is 0.314. The fourth-order valence-electron chi connectivity index (χ4n) is 2.63. The number of nitrogens with zero attached hydrogens (tertiary/aromatic N) is 3. The molecule has 0 saturated carbocycles.